The third kappa shape index (κ3) is 10.3. The fourth-order valence-electron chi connectivity index (χ4n) is 4.49. The predicted octanol–water partition coefficient (Wildman–Crippen LogP) is 4.48. The van der Waals surface area contributed by atoms with Crippen molar-refractivity contribution in [3.05, 3.63) is 87.9 Å². The predicted molar refractivity (Wildman–Crippen MR) is 166 cm³/mol. The number of benzene rings is 2. The number of hydrogen-bond acceptors (Lipinski definition) is 6. The van der Waals surface area contributed by atoms with Gasteiger partial charge in [-0.1, -0.05) is 88.2 Å². The second-order valence-electron chi connectivity index (χ2n) is 10.7. The van der Waals surface area contributed by atoms with Gasteiger partial charge < -0.3 is 26.4 Å². The van der Waals surface area contributed by atoms with E-state index in [0.717, 1.165) is 22.5 Å². The van der Waals surface area contributed by atoms with Crippen LogP contribution >= 0.6 is 11.3 Å². The number of thiazole rings is 1. The van der Waals surface area contributed by atoms with Gasteiger partial charge in [0.2, 0.25) is 5.91 Å². The highest BCUT2D eigenvalue weighted by Crippen LogP contribution is 2.20. The minimum Gasteiger partial charge on any atom is -0.391 e. The third-order valence-electron chi connectivity index (χ3n) is 6.80. The van der Waals surface area contributed by atoms with Crippen LogP contribution in [0.3, 0.4) is 0 Å². The summed E-state index contributed by atoms with van der Waals surface area (Å²) in [6.45, 7) is -1.98. The van der Waals surface area contributed by atoms with E-state index in [0.29, 0.717) is 18.5 Å². The summed E-state index contributed by atoms with van der Waals surface area (Å²) in [6, 6.07) is 16.7. The summed E-state index contributed by atoms with van der Waals surface area (Å²) in [7, 11) is 1.50. The minimum absolute atomic E-state index is 0.0361. The van der Waals surface area contributed by atoms with Crippen molar-refractivity contribution < 1.29 is 22.9 Å². The molecule has 3 aromatic rings. The van der Waals surface area contributed by atoms with E-state index in [2.05, 4.69) is 15.6 Å². The van der Waals surface area contributed by atoms with Gasteiger partial charge in [-0.25, -0.2) is 9.78 Å². The first-order valence-electron chi connectivity index (χ1n) is 16.7. The molecule has 1 heterocycles. The Bertz CT molecular complexity index is 1410. The molecule has 8 nitrogen and oxygen atoms in total. The second-order valence-corrected chi connectivity index (χ2v) is 11.6. The molecule has 4 atom stereocenters. The number of nitrogens with one attached hydrogen (secondary N) is 2. The molecular weight excluding hydrogens is 534 g/mol. The number of aliphatic hydroxyl groups excluding tert-OH is 1. The lowest BCUT2D eigenvalue weighted by atomic mass is 9.93. The van der Waals surface area contributed by atoms with Crippen LogP contribution in [0.15, 0.2) is 66.0 Å². The largest absolute Gasteiger partial charge is 0.391 e. The van der Waals surface area contributed by atoms with Crippen LogP contribution in [0.25, 0.3) is 0 Å². The monoisotopic (exact) mass is 585 g/mol. The van der Waals surface area contributed by atoms with E-state index in [1.54, 1.807) is 13.8 Å². The molecule has 0 spiro atoms. The van der Waals surface area contributed by atoms with Crippen molar-refractivity contribution in [1.82, 2.24) is 20.5 Å². The fraction of sp³-hybridized carbons (Fsp3) is 0.469. The lowest BCUT2D eigenvalue weighted by molar-refractivity contribution is -0.124. The summed E-state index contributed by atoms with van der Waals surface area (Å²) in [6.07, 6.45) is 0.214. The quantitative estimate of drug-likeness (QED) is 0.222. The number of carbonyl (C=O) groups is 2. The molecule has 0 saturated heterocycles. The zero-order valence-electron chi connectivity index (χ0n) is 29.8. The maximum atomic E-state index is 13.6. The Labute approximate surface area is 256 Å². The molecule has 0 aliphatic rings. The third-order valence-corrected chi connectivity index (χ3v) is 7.75. The highest BCUT2D eigenvalue weighted by molar-refractivity contribution is 7.09. The number of carbonyl (C=O) groups excluding carboxylic acids is 2. The summed E-state index contributed by atoms with van der Waals surface area (Å²) < 4.78 is 46.1. The van der Waals surface area contributed by atoms with Crippen LogP contribution in [-0.4, -0.2) is 58.2 Å². The van der Waals surface area contributed by atoms with Gasteiger partial charge in [-0.3, -0.25) is 4.79 Å². The highest BCUT2D eigenvalue weighted by Gasteiger charge is 2.29. The van der Waals surface area contributed by atoms with Crippen molar-refractivity contribution in [2.45, 2.75) is 83.5 Å². The molecule has 3 amide bonds. The number of urea groups is 1. The van der Waals surface area contributed by atoms with Crippen LogP contribution < -0.4 is 16.4 Å². The minimum atomic E-state index is -2.77. The molecule has 3 rings (SSSR count). The van der Waals surface area contributed by atoms with E-state index in [1.807, 2.05) is 60.7 Å². The number of aliphatic hydroxyl groups is 1. The molecule has 0 aliphatic carbocycles. The van der Waals surface area contributed by atoms with E-state index in [1.165, 1.54) is 17.3 Å². The van der Waals surface area contributed by atoms with Crippen molar-refractivity contribution in [2.24, 2.45) is 11.7 Å². The van der Waals surface area contributed by atoms with Gasteiger partial charge >= 0.3 is 6.03 Å². The van der Waals surface area contributed by atoms with Crippen LogP contribution in [0.5, 0.6) is 0 Å². The molecule has 0 unspecified atom stereocenters. The van der Waals surface area contributed by atoms with Crippen LogP contribution in [-0.2, 0) is 24.2 Å². The molecule has 1 aromatic heterocycles. The average molecular weight is 586 g/mol. The Morgan fingerprint density at radius 1 is 1.02 bits per heavy atom. The van der Waals surface area contributed by atoms with Gasteiger partial charge in [-0.15, -0.1) is 11.3 Å². The molecule has 222 valence electrons. The molecule has 0 radical (unpaired) electrons. The normalized spacial score (nSPS) is 17.1. The molecule has 0 bridgehead atoms. The van der Waals surface area contributed by atoms with Gasteiger partial charge in [0, 0.05) is 38.7 Å². The van der Waals surface area contributed by atoms with Crippen molar-refractivity contribution in [3.8, 4) is 0 Å². The topological polar surface area (TPSA) is 121 Å². The number of nitrogens with zero attached hydrogens (tertiary/aromatic N) is 2. The lowest BCUT2D eigenvalue weighted by Crippen LogP contribution is -2.55. The van der Waals surface area contributed by atoms with E-state index < -0.39 is 55.8 Å². The first-order chi connectivity index (χ1) is 22.0. The zero-order chi connectivity index (χ0) is 34.9. The van der Waals surface area contributed by atoms with E-state index in [9.17, 15) is 14.7 Å². The van der Waals surface area contributed by atoms with Crippen LogP contribution in [0.1, 0.15) is 69.9 Å². The summed E-state index contributed by atoms with van der Waals surface area (Å²) in [4.78, 5) is 32.4. The van der Waals surface area contributed by atoms with Crippen LogP contribution in [0, 0.1) is 5.92 Å². The molecule has 0 saturated carbocycles. The van der Waals surface area contributed by atoms with Crippen molar-refractivity contribution >= 4 is 23.3 Å². The maximum Gasteiger partial charge on any atom is 0.318 e. The van der Waals surface area contributed by atoms with Crippen molar-refractivity contribution in [3.63, 3.8) is 0 Å². The maximum absolute atomic E-state index is 13.6. The molecule has 2 aromatic carbocycles. The molecule has 5 N–H and O–H groups in total. The SMILES string of the molecule is [2H]C([2H])([2H])C(c1nc(CN(C)C(=O)N[C@H](C(=O)N[C@@H](Cc2ccccc2)C[C@H](O)[C@@H](N)Cc2ccccc2)C(C)C)cs1)C([2H])([2H])[2H]. The smallest absolute Gasteiger partial charge is 0.318 e. The van der Waals surface area contributed by atoms with Gasteiger partial charge in [0.25, 0.3) is 0 Å². The van der Waals surface area contributed by atoms with Crippen molar-refractivity contribution in [1.29, 1.82) is 0 Å². The van der Waals surface area contributed by atoms with Gasteiger partial charge in [0.15, 0.2) is 0 Å². The van der Waals surface area contributed by atoms with Crippen molar-refractivity contribution in [2.75, 3.05) is 7.05 Å². The van der Waals surface area contributed by atoms with E-state index in [4.69, 9.17) is 14.0 Å². The standard InChI is InChI=1S/C32H45N5O3S/c1-21(2)29(36-32(40)37(5)19-26-20-41-31(35-26)22(3)4)30(39)34-25(16-23-12-8-6-9-13-23)18-28(38)27(33)17-24-14-10-7-11-15-24/h6-15,20-22,25,27-29,38H,16-19,33H2,1-5H3,(H,34,39)(H,36,40)/t25-,27-,28-,29-/m0/s1/i3D3,4D3. The van der Waals surface area contributed by atoms with Gasteiger partial charge in [-0.05, 0) is 36.3 Å². The van der Waals surface area contributed by atoms with Gasteiger partial charge in [0.05, 0.1) is 23.4 Å². The van der Waals surface area contributed by atoms with Crippen LogP contribution in [0.2, 0.25) is 0 Å². The first kappa shape index (κ1) is 24.3. The Kier molecular flexibility index (Phi) is 9.29. The van der Waals surface area contributed by atoms with Gasteiger partial charge in [0.1, 0.15) is 6.04 Å². The Balaban J connectivity index is 1.69. The molecular formula is C32H45N5O3S. The summed E-state index contributed by atoms with van der Waals surface area (Å²) in [5, 5.41) is 18.3. The number of aromatic nitrogens is 1. The highest BCUT2D eigenvalue weighted by atomic mass is 32.1. The summed E-state index contributed by atoms with van der Waals surface area (Å²) >= 11 is 0.920. The zero-order valence-corrected chi connectivity index (χ0v) is 24.6. The summed E-state index contributed by atoms with van der Waals surface area (Å²) in [5.74, 6) is -2.45. The first-order valence-corrected chi connectivity index (χ1v) is 14.6. The number of rotatable bonds is 14. The average Bonchev–Trinajstić information content (AvgIpc) is 3.41. The molecule has 9 heteroatoms. The molecule has 41 heavy (non-hydrogen) atoms. The lowest BCUT2D eigenvalue weighted by Gasteiger charge is -2.29. The number of nitrogens with two attached hydrogens (primary N) is 1. The van der Waals surface area contributed by atoms with Gasteiger partial charge in [-0.2, -0.15) is 0 Å². The Morgan fingerprint density at radius 2 is 1.63 bits per heavy atom. The molecule has 0 fully saturated rings. The van der Waals surface area contributed by atoms with E-state index in [-0.39, 0.29) is 23.9 Å². The Hall–Kier alpha value is -3.27. The van der Waals surface area contributed by atoms with E-state index >= 15 is 0 Å². The second kappa shape index (κ2) is 15.7. The van der Waals surface area contributed by atoms with Crippen LogP contribution in [0.4, 0.5) is 4.79 Å². The number of hydrogen-bond donors (Lipinski definition) is 4. The number of amides is 3. The molecule has 0 aliphatic heterocycles. The summed E-state index contributed by atoms with van der Waals surface area (Å²) in [5.41, 5.74) is 8.66. The Morgan fingerprint density at radius 3 is 2.22 bits per heavy atom. The fourth-order valence-corrected chi connectivity index (χ4v) is 5.18.